The minimum atomic E-state index is -0.702. The van der Waals surface area contributed by atoms with Gasteiger partial charge in [0.15, 0.2) is 0 Å². The first kappa shape index (κ1) is 19.7. The Bertz CT molecular complexity index is 1080. The molecule has 3 nitrogen and oxygen atoms in total. The van der Waals surface area contributed by atoms with Crippen molar-refractivity contribution >= 4 is 6.09 Å². The maximum atomic E-state index is 13.5. The molecular formula is C25H19F2NO2. The van der Waals surface area contributed by atoms with E-state index in [1.54, 1.807) is 0 Å². The van der Waals surface area contributed by atoms with Gasteiger partial charge in [0.05, 0.1) is 5.56 Å². The first-order valence-electron chi connectivity index (χ1n) is 9.67. The second-order valence-electron chi connectivity index (χ2n) is 6.90. The number of benzene rings is 3. The molecule has 150 valence electrons. The molecule has 0 heterocycles. The molecule has 0 unspecified atom stereocenters. The fourth-order valence-electron chi connectivity index (χ4n) is 3.64. The highest BCUT2D eigenvalue weighted by Gasteiger charge is 2.28. The summed E-state index contributed by atoms with van der Waals surface area (Å²) in [5.41, 5.74) is 4.35. The van der Waals surface area contributed by atoms with Gasteiger partial charge < -0.3 is 10.1 Å². The van der Waals surface area contributed by atoms with Crippen molar-refractivity contribution in [2.75, 3.05) is 13.2 Å². The predicted molar refractivity (Wildman–Crippen MR) is 111 cm³/mol. The van der Waals surface area contributed by atoms with Gasteiger partial charge in [0.25, 0.3) is 0 Å². The number of carbonyl (C=O) groups excluding carboxylic acids is 1. The van der Waals surface area contributed by atoms with E-state index in [4.69, 9.17) is 4.74 Å². The Labute approximate surface area is 173 Å². The summed E-state index contributed by atoms with van der Waals surface area (Å²) < 4.78 is 32.5. The molecule has 1 aliphatic rings. The summed E-state index contributed by atoms with van der Waals surface area (Å²) in [5.74, 6) is 3.71. The number of hydrogen-bond donors (Lipinski definition) is 1. The maximum absolute atomic E-state index is 13.5. The first-order chi connectivity index (χ1) is 14.6. The molecule has 0 aliphatic heterocycles. The Morgan fingerprint density at radius 2 is 1.50 bits per heavy atom. The highest BCUT2D eigenvalue weighted by Crippen LogP contribution is 2.44. The zero-order valence-electron chi connectivity index (χ0n) is 16.1. The molecule has 0 atom stereocenters. The van der Waals surface area contributed by atoms with Crippen LogP contribution in [0.15, 0.2) is 66.7 Å². The van der Waals surface area contributed by atoms with Gasteiger partial charge in [-0.2, -0.15) is 0 Å². The molecule has 3 aromatic carbocycles. The van der Waals surface area contributed by atoms with Crippen molar-refractivity contribution in [1.82, 2.24) is 5.32 Å². The van der Waals surface area contributed by atoms with E-state index < -0.39 is 17.7 Å². The van der Waals surface area contributed by atoms with Crippen LogP contribution in [0.3, 0.4) is 0 Å². The van der Waals surface area contributed by atoms with Crippen LogP contribution in [-0.2, 0) is 4.74 Å². The second-order valence-corrected chi connectivity index (χ2v) is 6.90. The summed E-state index contributed by atoms with van der Waals surface area (Å²) in [4.78, 5) is 12.1. The van der Waals surface area contributed by atoms with Crippen LogP contribution in [0.4, 0.5) is 13.6 Å². The van der Waals surface area contributed by atoms with E-state index in [1.165, 1.54) is 6.07 Å². The van der Waals surface area contributed by atoms with Crippen LogP contribution >= 0.6 is 0 Å². The van der Waals surface area contributed by atoms with E-state index in [-0.39, 0.29) is 31.1 Å². The van der Waals surface area contributed by atoms with Crippen LogP contribution in [0, 0.1) is 23.5 Å². The quantitative estimate of drug-likeness (QED) is 0.478. The zero-order valence-corrected chi connectivity index (χ0v) is 16.1. The standard InChI is InChI=1S/C25H19F2NO2/c26-23-13-7-14-24(27)21(23)12-5-6-15-28-25(29)30-16-22-19-10-3-1-8-17(19)18-9-2-4-11-20(18)22/h1-4,7-11,13-14,22H,6,15-16H2,(H,28,29). The number of rotatable bonds is 4. The topological polar surface area (TPSA) is 38.3 Å². The molecule has 3 aromatic rings. The molecular weight excluding hydrogens is 384 g/mol. The molecule has 30 heavy (non-hydrogen) atoms. The first-order valence-corrected chi connectivity index (χ1v) is 9.67. The van der Waals surface area contributed by atoms with Crippen molar-refractivity contribution in [2.24, 2.45) is 0 Å². The Morgan fingerprint density at radius 3 is 2.13 bits per heavy atom. The largest absolute Gasteiger partial charge is 0.449 e. The Balaban J connectivity index is 1.31. The number of amides is 1. The van der Waals surface area contributed by atoms with E-state index in [2.05, 4.69) is 41.4 Å². The summed E-state index contributed by atoms with van der Waals surface area (Å²) in [6.45, 7) is 0.450. The third kappa shape index (κ3) is 4.04. The van der Waals surface area contributed by atoms with Crippen molar-refractivity contribution in [3.05, 3.63) is 95.1 Å². The molecule has 0 spiro atoms. The molecule has 0 saturated carbocycles. The fourth-order valence-corrected chi connectivity index (χ4v) is 3.64. The monoisotopic (exact) mass is 403 g/mol. The van der Waals surface area contributed by atoms with Crippen LogP contribution in [-0.4, -0.2) is 19.2 Å². The van der Waals surface area contributed by atoms with Gasteiger partial charge in [-0.05, 0) is 34.4 Å². The summed E-state index contributed by atoms with van der Waals surface area (Å²) in [7, 11) is 0. The average Bonchev–Trinajstić information content (AvgIpc) is 3.08. The summed E-state index contributed by atoms with van der Waals surface area (Å²) in [6, 6.07) is 19.8. The van der Waals surface area contributed by atoms with E-state index in [0.717, 1.165) is 34.4 Å². The van der Waals surface area contributed by atoms with Crippen LogP contribution in [0.25, 0.3) is 11.1 Å². The van der Waals surface area contributed by atoms with Crippen LogP contribution < -0.4 is 5.32 Å². The lowest BCUT2D eigenvalue weighted by Gasteiger charge is -2.14. The Hall–Kier alpha value is -3.65. The van der Waals surface area contributed by atoms with E-state index >= 15 is 0 Å². The molecule has 1 aliphatic carbocycles. The number of fused-ring (bicyclic) bond motifs is 3. The third-order valence-corrected chi connectivity index (χ3v) is 5.04. The van der Waals surface area contributed by atoms with Gasteiger partial charge in [0, 0.05) is 18.9 Å². The normalized spacial score (nSPS) is 11.8. The fraction of sp³-hybridized carbons (Fsp3) is 0.160. The number of carbonyl (C=O) groups is 1. The van der Waals surface area contributed by atoms with Crippen molar-refractivity contribution in [3.63, 3.8) is 0 Å². The lowest BCUT2D eigenvalue weighted by atomic mass is 9.98. The van der Waals surface area contributed by atoms with Gasteiger partial charge in [0.2, 0.25) is 0 Å². The van der Waals surface area contributed by atoms with Crippen LogP contribution in [0.2, 0.25) is 0 Å². The second kappa shape index (κ2) is 8.79. The van der Waals surface area contributed by atoms with E-state index in [9.17, 15) is 13.6 Å². The molecule has 0 saturated heterocycles. The average molecular weight is 403 g/mol. The van der Waals surface area contributed by atoms with Gasteiger partial charge in [0.1, 0.15) is 18.2 Å². The Kier molecular flexibility index (Phi) is 5.76. The van der Waals surface area contributed by atoms with E-state index in [0.29, 0.717) is 0 Å². The molecule has 0 fully saturated rings. The van der Waals surface area contributed by atoms with Crippen molar-refractivity contribution in [3.8, 4) is 23.0 Å². The van der Waals surface area contributed by atoms with Crippen LogP contribution in [0.5, 0.6) is 0 Å². The summed E-state index contributed by atoms with van der Waals surface area (Å²) >= 11 is 0. The lowest BCUT2D eigenvalue weighted by molar-refractivity contribution is 0.143. The van der Waals surface area contributed by atoms with E-state index in [1.807, 2.05) is 24.3 Å². The Morgan fingerprint density at radius 1 is 0.900 bits per heavy atom. The number of nitrogens with one attached hydrogen (secondary N) is 1. The molecule has 1 amide bonds. The minimum Gasteiger partial charge on any atom is -0.449 e. The number of hydrogen-bond acceptors (Lipinski definition) is 2. The SMILES string of the molecule is O=C(NCCC#Cc1c(F)cccc1F)OCC1c2ccccc2-c2ccccc21. The molecule has 0 aromatic heterocycles. The highest BCUT2D eigenvalue weighted by molar-refractivity contribution is 5.79. The molecule has 0 bridgehead atoms. The molecule has 4 rings (SSSR count). The molecule has 0 radical (unpaired) electrons. The molecule has 5 heteroatoms. The van der Waals surface area contributed by atoms with Gasteiger partial charge in [-0.1, -0.05) is 66.4 Å². The minimum absolute atomic E-state index is 0.00743. The van der Waals surface area contributed by atoms with Crippen molar-refractivity contribution < 1.29 is 18.3 Å². The zero-order chi connectivity index (χ0) is 20.9. The highest BCUT2D eigenvalue weighted by atomic mass is 19.1. The van der Waals surface area contributed by atoms with Gasteiger partial charge in [-0.15, -0.1) is 0 Å². The van der Waals surface area contributed by atoms with Crippen molar-refractivity contribution in [2.45, 2.75) is 12.3 Å². The number of alkyl carbamates (subject to hydrolysis) is 1. The van der Waals surface area contributed by atoms with Gasteiger partial charge in [-0.25, -0.2) is 13.6 Å². The smallest absolute Gasteiger partial charge is 0.407 e. The molecule has 1 N–H and O–H groups in total. The van der Waals surface area contributed by atoms with Gasteiger partial charge >= 0.3 is 6.09 Å². The number of halogens is 2. The predicted octanol–water partition coefficient (Wildman–Crippen LogP) is 5.25. The van der Waals surface area contributed by atoms with Crippen molar-refractivity contribution in [1.29, 1.82) is 0 Å². The number of ether oxygens (including phenoxy) is 1. The van der Waals surface area contributed by atoms with Crippen LogP contribution in [0.1, 0.15) is 29.0 Å². The third-order valence-electron chi connectivity index (χ3n) is 5.04. The van der Waals surface area contributed by atoms with Gasteiger partial charge in [-0.3, -0.25) is 0 Å². The summed E-state index contributed by atoms with van der Waals surface area (Å²) in [6.07, 6.45) is -0.298. The summed E-state index contributed by atoms with van der Waals surface area (Å²) in [5, 5.41) is 2.62. The maximum Gasteiger partial charge on any atom is 0.407 e. The lowest BCUT2D eigenvalue weighted by Crippen LogP contribution is -2.26.